The van der Waals surface area contributed by atoms with E-state index in [-0.39, 0.29) is 11.7 Å². The number of carbonyl (C=O) groups excluding carboxylic acids is 2. The van der Waals surface area contributed by atoms with Gasteiger partial charge in [-0.15, -0.1) is 0 Å². The first-order valence-corrected chi connectivity index (χ1v) is 11.8. The number of benzene rings is 2. The van der Waals surface area contributed by atoms with E-state index in [1.165, 1.54) is 24.3 Å². The fraction of sp³-hybridized carbons (Fsp3) is 0.364. The number of rotatable bonds is 5. The lowest BCUT2D eigenvalue weighted by Gasteiger charge is -2.22. The maximum atomic E-state index is 13.5. The molecule has 2 aliphatic rings. The maximum absolute atomic E-state index is 13.5. The van der Waals surface area contributed by atoms with E-state index in [0.717, 1.165) is 0 Å². The average molecular weight is 480 g/mol. The van der Waals surface area contributed by atoms with Crippen LogP contribution in [-0.2, 0) is 19.4 Å². The van der Waals surface area contributed by atoms with E-state index >= 15 is 0 Å². The number of amides is 1. The Balaban J connectivity index is 1.76. The first-order chi connectivity index (χ1) is 15.0. The van der Waals surface area contributed by atoms with Gasteiger partial charge in [0.1, 0.15) is 22.7 Å². The Morgan fingerprint density at radius 1 is 1.16 bits per heavy atom. The summed E-state index contributed by atoms with van der Waals surface area (Å²) in [6.45, 7) is 5.06. The van der Waals surface area contributed by atoms with Crippen LogP contribution < -0.4 is 14.8 Å². The van der Waals surface area contributed by atoms with Crippen molar-refractivity contribution in [1.82, 2.24) is 5.32 Å². The van der Waals surface area contributed by atoms with Gasteiger partial charge in [-0.25, -0.2) is 13.2 Å². The molecule has 2 aromatic rings. The van der Waals surface area contributed by atoms with E-state index in [1.54, 1.807) is 39.0 Å². The van der Waals surface area contributed by atoms with Gasteiger partial charge >= 0.3 is 6.09 Å². The van der Waals surface area contributed by atoms with E-state index in [4.69, 9.17) is 25.8 Å². The number of hydrogen-bond acceptors (Lipinski definition) is 7. The molecule has 4 rings (SSSR count). The predicted molar refractivity (Wildman–Crippen MR) is 116 cm³/mol. The number of nitrogens with one attached hydrogen (secondary N) is 1. The van der Waals surface area contributed by atoms with Gasteiger partial charge in [-0.05, 0) is 62.7 Å². The van der Waals surface area contributed by atoms with Crippen LogP contribution in [0.15, 0.2) is 47.4 Å². The summed E-state index contributed by atoms with van der Waals surface area (Å²) >= 11 is 5.90. The molecular weight excluding hydrogens is 458 g/mol. The molecule has 0 radical (unpaired) electrons. The Morgan fingerprint density at radius 3 is 2.44 bits per heavy atom. The van der Waals surface area contributed by atoms with Crippen molar-refractivity contribution in [3.63, 3.8) is 0 Å². The normalized spacial score (nSPS) is 24.0. The first-order valence-electron chi connectivity index (χ1n) is 9.84. The summed E-state index contributed by atoms with van der Waals surface area (Å²) in [5.41, 5.74) is -2.03. The number of aldehydes is 1. The second kappa shape index (κ2) is 7.67. The number of alkyl carbamates (subject to hydrolysis) is 1. The van der Waals surface area contributed by atoms with E-state index in [2.05, 4.69) is 5.32 Å². The predicted octanol–water partition coefficient (Wildman–Crippen LogP) is 3.47. The van der Waals surface area contributed by atoms with Gasteiger partial charge in [0, 0.05) is 10.9 Å². The molecule has 1 heterocycles. The van der Waals surface area contributed by atoms with Crippen LogP contribution in [-0.4, -0.2) is 44.0 Å². The van der Waals surface area contributed by atoms with Gasteiger partial charge in [0.15, 0.2) is 21.3 Å². The Labute approximate surface area is 190 Å². The van der Waals surface area contributed by atoms with Gasteiger partial charge < -0.3 is 24.3 Å². The third kappa shape index (κ3) is 3.91. The SMILES string of the molecule is CC(C)(C)OC(=O)N[C@]1(C=O)[C@@H](c2ccc3c(c2)OCO3)[C@@H]1S(=O)(=O)c1ccc(Cl)cc1. The number of carbonyl (C=O) groups is 2. The van der Waals surface area contributed by atoms with Crippen LogP contribution in [0.5, 0.6) is 11.5 Å². The first kappa shape index (κ1) is 22.4. The van der Waals surface area contributed by atoms with E-state index in [9.17, 15) is 18.0 Å². The molecule has 1 fully saturated rings. The summed E-state index contributed by atoms with van der Waals surface area (Å²) in [6.07, 6.45) is -0.422. The number of ether oxygens (including phenoxy) is 3. The molecule has 1 saturated carbocycles. The third-order valence-electron chi connectivity index (χ3n) is 5.32. The second-order valence-corrected chi connectivity index (χ2v) is 11.2. The zero-order chi connectivity index (χ0) is 23.3. The lowest BCUT2D eigenvalue weighted by molar-refractivity contribution is -0.110. The molecule has 0 saturated heterocycles. The van der Waals surface area contributed by atoms with Gasteiger partial charge in [0.2, 0.25) is 6.79 Å². The van der Waals surface area contributed by atoms with Crippen LogP contribution in [0.4, 0.5) is 4.79 Å². The maximum Gasteiger partial charge on any atom is 0.408 e. The smallest absolute Gasteiger partial charge is 0.408 e. The Hall–Kier alpha value is -2.78. The van der Waals surface area contributed by atoms with Crippen molar-refractivity contribution in [3.8, 4) is 11.5 Å². The molecule has 1 amide bonds. The third-order valence-corrected chi connectivity index (χ3v) is 7.84. The van der Waals surface area contributed by atoms with E-state index in [0.29, 0.717) is 28.4 Å². The molecule has 32 heavy (non-hydrogen) atoms. The van der Waals surface area contributed by atoms with Crippen molar-refractivity contribution in [2.75, 3.05) is 6.79 Å². The average Bonchev–Trinajstić information content (AvgIpc) is 3.13. The Bertz CT molecular complexity index is 1170. The summed E-state index contributed by atoms with van der Waals surface area (Å²) in [6, 6.07) is 10.6. The molecule has 8 nitrogen and oxygen atoms in total. The quantitative estimate of drug-likeness (QED) is 0.654. The molecule has 1 N–H and O–H groups in total. The zero-order valence-electron chi connectivity index (χ0n) is 17.6. The highest BCUT2D eigenvalue weighted by Crippen LogP contribution is 2.57. The molecular formula is C22H22ClNO7S. The van der Waals surface area contributed by atoms with Crippen LogP contribution in [0.3, 0.4) is 0 Å². The topological polar surface area (TPSA) is 108 Å². The molecule has 0 spiro atoms. The van der Waals surface area contributed by atoms with Gasteiger partial charge in [0.05, 0.1) is 4.90 Å². The van der Waals surface area contributed by atoms with Gasteiger partial charge in [0.25, 0.3) is 0 Å². The minimum absolute atomic E-state index is 0.00708. The lowest BCUT2D eigenvalue weighted by atomic mass is 10.1. The summed E-state index contributed by atoms with van der Waals surface area (Å²) < 4.78 is 43.0. The van der Waals surface area contributed by atoms with Crippen LogP contribution in [0.1, 0.15) is 32.3 Å². The highest BCUT2D eigenvalue weighted by atomic mass is 35.5. The fourth-order valence-electron chi connectivity index (χ4n) is 3.94. The minimum Gasteiger partial charge on any atom is -0.454 e. The Kier molecular flexibility index (Phi) is 5.37. The van der Waals surface area contributed by atoms with Crippen molar-refractivity contribution in [2.45, 2.75) is 48.0 Å². The van der Waals surface area contributed by atoms with Crippen LogP contribution in [0, 0.1) is 0 Å². The summed E-state index contributed by atoms with van der Waals surface area (Å²) in [7, 11) is -4.04. The van der Waals surface area contributed by atoms with Crippen molar-refractivity contribution in [1.29, 1.82) is 0 Å². The Morgan fingerprint density at radius 2 is 1.81 bits per heavy atom. The van der Waals surface area contributed by atoms with Crippen molar-refractivity contribution in [3.05, 3.63) is 53.1 Å². The van der Waals surface area contributed by atoms with Crippen molar-refractivity contribution >= 4 is 33.8 Å². The largest absolute Gasteiger partial charge is 0.454 e. The van der Waals surface area contributed by atoms with Gasteiger partial charge in [-0.2, -0.15) is 0 Å². The molecule has 1 aliphatic heterocycles. The van der Waals surface area contributed by atoms with Crippen molar-refractivity contribution < 1.29 is 32.2 Å². The van der Waals surface area contributed by atoms with Crippen LogP contribution in [0.2, 0.25) is 5.02 Å². The highest BCUT2D eigenvalue weighted by Gasteiger charge is 2.73. The summed E-state index contributed by atoms with van der Waals surface area (Å²) in [4.78, 5) is 24.9. The number of hydrogen-bond donors (Lipinski definition) is 1. The van der Waals surface area contributed by atoms with E-state index in [1.807, 2.05) is 0 Å². The molecule has 0 aromatic heterocycles. The number of sulfone groups is 1. The fourth-order valence-corrected chi connectivity index (χ4v) is 6.31. The van der Waals surface area contributed by atoms with Gasteiger partial charge in [-0.3, -0.25) is 0 Å². The molecule has 0 unspecified atom stereocenters. The summed E-state index contributed by atoms with van der Waals surface area (Å²) in [5.74, 6) is 0.0973. The number of fused-ring (bicyclic) bond motifs is 1. The second-order valence-electron chi connectivity index (χ2n) is 8.69. The number of halogens is 1. The van der Waals surface area contributed by atoms with Crippen molar-refractivity contribution in [2.24, 2.45) is 0 Å². The molecule has 0 bridgehead atoms. The van der Waals surface area contributed by atoms with Gasteiger partial charge in [-0.1, -0.05) is 17.7 Å². The summed E-state index contributed by atoms with van der Waals surface area (Å²) in [5, 5.41) is 1.65. The molecule has 2 aromatic carbocycles. The van der Waals surface area contributed by atoms with Crippen LogP contribution >= 0.6 is 11.6 Å². The molecule has 10 heteroatoms. The molecule has 1 aliphatic carbocycles. The molecule has 3 atom stereocenters. The van der Waals surface area contributed by atoms with E-state index < -0.39 is 38.2 Å². The lowest BCUT2D eigenvalue weighted by Crippen LogP contribution is -2.45. The molecule has 170 valence electrons. The van der Waals surface area contributed by atoms with Crippen LogP contribution in [0.25, 0.3) is 0 Å². The minimum atomic E-state index is -4.04. The standard InChI is InChI=1S/C22H22ClNO7S/c1-21(2,3)31-20(26)24-22(11-25)18(13-4-9-16-17(10-13)30-12-29-16)19(22)32(27,28)15-7-5-14(23)6-8-15/h4-11,18-19H,12H2,1-3H3,(H,24,26)/t18-,19-,22+/m0/s1. The highest BCUT2D eigenvalue weighted by molar-refractivity contribution is 7.92. The monoisotopic (exact) mass is 479 g/mol. The zero-order valence-corrected chi connectivity index (χ0v) is 19.2.